The Balaban J connectivity index is 1.94. The second-order valence-corrected chi connectivity index (χ2v) is 4.64. The normalized spacial score (nSPS) is 26.1. The Kier molecular flexibility index (Phi) is 3.42. The zero-order chi connectivity index (χ0) is 12.5. The van der Waals surface area contributed by atoms with Gasteiger partial charge in [-0.25, -0.2) is 0 Å². The van der Waals surface area contributed by atoms with Crippen molar-refractivity contribution in [2.24, 2.45) is 13.0 Å². The van der Waals surface area contributed by atoms with Crippen LogP contribution in [-0.2, 0) is 13.5 Å². The summed E-state index contributed by atoms with van der Waals surface area (Å²) in [4.78, 5) is 0. The van der Waals surface area contributed by atoms with Crippen LogP contribution in [0.3, 0.4) is 0 Å². The molecule has 1 aliphatic rings. The van der Waals surface area contributed by atoms with Crippen LogP contribution in [-0.4, -0.2) is 28.5 Å². The Labute approximate surface area is 98.0 Å². The summed E-state index contributed by atoms with van der Waals surface area (Å²) in [7, 11) is 1.80. The number of rotatable bonds is 2. The molecule has 6 heteroatoms. The van der Waals surface area contributed by atoms with Gasteiger partial charge >= 0.3 is 6.18 Å². The van der Waals surface area contributed by atoms with Crippen molar-refractivity contribution in [2.45, 2.75) is 31.5 Å². The number of alkyl halides is 3. The summed E-state index contributed by atoms with van der Waals surface area (Å²) in [5.41, 5.74) is 0.979. The SMILES string of the molecule is Cn1cc(CC2CC(C(F)(F)F)CCN2)cn1. The van der Waals surface area contributed by atoms with Gasteiger partial charge in [0.05, 0.1) is 12.1 Å². The minimum absolute atomic E-state index is 0.0976. The maximum Gasteiger partial charge on any atom is 0.391 e. The van der Waals surface area contributed by atoms with E-state index in [9.17, 15) is 13.2 Å². The summed E-state index contributed by atoms with van der Waals surface area (Å²) in [5, 5.41) is 7.16. The van der Waals surface area contributed by atoms with E-state index in [0.29, 0.717) is 13.0 Å². The largest absolute Gasteiger partial charge is 0.391 e. The third-order valence-electron chi connectivity index (χ3n) is 3.20. The highest BCUT2D eigenvalue weighted by molar-refractivity contribution is 5.06. The van der Waals surface area contributed by atoms with Crippen LogP contribution in [0.25, 0.3) is 0 Å². The molecule has 1 N–H and O–H groups in total. The number of hydrogen-bond donors (Lipinski definition) is 1. The lowest BCUT2D eigenvalue weighted by Crippen LogP contribution is -2.43. The quantitative estimate of drug-likeness (QED) is 0.865. The Hall–Kier alpha value is -1.04. The van der Waals surface area contributed by atoms with Crippen LogP contribution in [0.5, 0.6) is 0 Å². The van der Waals surface area contributed by atoms with Crippen molar-refractivity contribution in [3.8, 4) is 0 Å². The molecule has 1 saturated heterocycles. The minimum Gasteiger partial charge on any atom is -0.314 e. The van der Waals surface area contributed by atoms with E-state index in [1.165, 1.54) is 0 Å². The molecule has 1 aromatic rings. The molecular weight excluding hydrogens is 231 g/mol. The predicted molar refractivity (Wildman–Crippen MR) is 57.5 cm³/mol. The molecule has 0 radical (unpaired) electrons. The lowest BCUT2D eigenvalue weighted by molar-refractivity contribution is -0.183. The van der Waals surface area contributed by atoms with Crippen LogP contribution in [0.1, 0.15) is 18.4 Å². The van der Waals surface area contributed by atoms with Crippen molar-refractivity contribution >= 4 is 0 Å². The van der Waals surface area contributed by atoms with E-state index >= 15 is 0 Å². The van der Waals surface area contributed by atoms with E-state index < -0.39 is 12.1 Å². The van der Waals surface area contributed by atoms with E-state index in [0.717, 1.165) is 5.56 Å². The third-order valence-corrected chi connectivity index (χ3v) is 3.20. The fourth-order valence-corrected chi connectivity index (χ4v) is 2.32. The number of nitrogens with zero attached hydrogens (tertiary/aromatic N) is 2. The molecule has 0 spiro atoms. The standard InChI is InChI=1S/C11H16F3N3/c1-17-7-8(6-16-17)4-10-5-9(2-3-15-10)11(12,13)14/h6-7,9-10,15H,2-5H2,1H3. The number of aromatic nitrogens is 2. The first-order chi connectivity index (χ1) is 7.95. The predicted octanol–water partition coefficient (Wildman–Crippen LogP) is 1.89. The monoisotopic (exact) mass is 247 g/mol. The topological polar surface area (TPSA) is 29.9 Å². The lowest BCUT2D eigenvalue weighted by atomic mass is 9.89. The van der Waals surface area contributed by atoms with Crippen LogP contribution >= 0.6 is 0 Å². The highest BCUT2D eigenvalue weighted by atomic mass is 19.4. The molecule has 0 aliphatic carbocycles. The average molecular weight is 247 g/mol. The molecule has 96 valence electrons. The van der Waals surface area contributed by atoms with Gasteiger partial charge in [-0.2, -0.15) is 18.3 Å². The molecule has 1 aromatic heterocycles. The Bertz CT molecular complexity index is 372. The molecule has 3 nitrogen and oxygen atoms in total. The number of piperidine rings is 1. The van der Waals surface area contributed by atoms with Gasteiger partial charge in [0.25, 0.3) is 0 Å². The third kappa shape index (κ3) is 3.21. The molecule has 0 aromatic carbocycles. The molecule has 1 fully saturated rings. The van der Waals surface area contributed by atoms with Gasteiger partial charge in [0.15, 0.2) is 0 Å². The molecule has 2 rings (SSSR count). The average Bonchev–Trinajstić information content (AvgIpc) is 2.63. The van der Waals surface area contributed by atoms with Crippen LogP contribution in [0, 0.1) is 5.92 Å². The van der Waals surface area contributed by atoms with Gasteiger partial charge in [-0.3, -0.25) is 4.68 Å². The zero-order valence-electron chi connectivity index (χ0n) is 9.67. The highest BCUT2D eigenvalue weighted by Gasteiger charge is 2.42. The molecule has 0 saturated carbocycles. The maximum absolute atomic E-state index is 12.6. The summed E-state index contributed by atoms with van der Waals surface area (Å²) in [6.07, 6.45) is 0.457. The minimum atomic E-state index is -4.06. The molecule has 2 heterocycles. The van der Waals surface area contributed by atoms with Crippen LogP contribution in [0.2, 0.25) is 0 Å². The number of hydrogen-bond acceptors (Lipinski definition) is 2. The highest BCUT2D eigenvalue weighted by Crippen LogP contribution is 2.34. The molecule has 2 atom stereocenters. The summed E-state index contributed by atoms with van der Waals surface area (Å²) in [6, 6.07) is -0.0976. The van der Waals surface area contributed by atoms with Crippen molar-refractivity contribution in [2.75, 3.05) is 6.54 Å². The van der Waals surface area contributed by atoms with Crippen LogP contribution in [0.4, 0.5) is 13.2 Å². The van der Waals surface area contributed by atoms with Crippen molar-refractivity contribution in [3.63, 3.8) is 0 Å². The van der Waals surface area contributed by atoms with E-state index in [4.69, 9.17) is 0 Å². The van der Waals surface area contributed by atoms with Crippen molar-refractivity contribution < 1.29 is 13.2 Å². The van der Waals surface area contributed by atoms with Gasteiger partial charge in [0.2, 0.25) is 0 Å². The lowest BCUT2D eigenvalue weighted by Gasteiger charge is -2.31. The smallest absolute Gasteiger partial charge is 0.314 e. The Morgan fingerprint density at radius 2 is 2.29 bits per heavy atom. The van der Waals surface area contributed by atoms with Gasteiger partial charge in [-0.1, -0.05) is 0 Å². The van der Waals surface area contributed by atoms with Crippen molar-refractivity contribution in [1.82, 2.24) is 15.1 Å². The van der Waals surface area contributed by atoms with E-state index in [1.807, 2.05) is 6.20 Å². The maximum atomic E-state index is 12.6. The van der Waals surface area contributed by atoms with Gasteiger partial charge in [0.1, 0.15) is 0 Å². The van der Waals surface area contributed by atoms with E-state index in [-0.39, 0.29) is 18.9 Å². The van der Waals surface area contributed by atoms with Gasteiger partial charge in [-0.05, 0) is 31.4 Å². The summed E-state index contributed by atoms with van der Waals surface area (Å²) in [5.74, 6) is -1.16. The fourth-order valence-electron chi connectivity index (χ4n) is 2.32. The van der Waals surface area contributed by atoms with Crippen LogP contribution in [0.15, 0.2) is 12.4 Å². The second-order valence-electron chi connectivity index (χ2n) is 4.64. The first kappa shape index (κ1) is 12.4. The molecule has 0 amide bonds. The van der Waals surface area contributed by atoms with Gasteiger partial charge in [-0.15, -0.1) is 0 Å². The second kappa shape index (κ2) is 4.68. The van der Waals surface area contributed by atoms with E-state index in [2.05, 4.69) is 10.4 Å². The van der Waals surface area contributed by atoms with Crippen LogP contribution < -0.4 is 5.32 Å². The number of halogens is 3. The zero-order valence-corrected chi connectivity index (χ0v) is 9.67. The van der Waals surface area contributed by atoms with Crippen molar-refractivity contribution in [1.29, 1.82) is 0 Å². The molecule has 17 heavy (non-hydrogen) atoms. The van der Waals surface area contributed by atoms with Gasteiger partial charge in [0, 0.05) is 19.3 Å². The molecule has 1 aliphatic heterocycles. The first-order valence-electron chi connectivity index (χ1n) is 5.73. The summed E-state index contributed by atoms with van der Waals surface area (Å²) >= 11 is 0. The Morgan fingerprint density at radius 3 is 2.88 bits per heavy atom. The van der Waals surface area contributed by atoms with Gasteiger partial charge < -0.3 is 5.32 Å². The summed E-state index contributed by atoms with van der Waals surface area (Å²) in [6.45, 7) is 0.440. The molecule has 2 unspecified atom stereocenters. The molecule has 0 bridgehead atoms. The van der Waals surface area contributed by atoms with Crippen molar-refractivity contribution in [3.05, 3.63) is 18.0 Å². The first-order valence-corrected chi connectivity index (χ1v) is 5.73. The number of aryl methyl sites for hydroxylation is 1. The summed E-state index contributed by atoms with van der Waals surface area (Å²) < 4.78 is 39.5. The molecular formula is C11H16F3N3. The Morgan fingerprint density at radius 1 is 1.53 bits per heavy atom. The number of nitrogens with one attached hydrogen (secondary N) is 1. The fraction of sp³-hybridized carbons (Fsp3) is 0.727. The van der Waals surface area contributed by atoms with E-state index in [1.54, 1.807) is 17.9 Å².